The van der Waals surface area contributed by atoms with Gasteiger partial charge in [0, 0.05) is 30.3 Å². The van der Waals surface area contributed by atoms with Gasteiger partial charge in [-0.05, 0) is 42.0 Å². The minimum atomic E-state index is -0.514. The van der Waals surface area contributed by atoms with Gasteiger partial charge in [0.2, 0.25) is 0 Å². The van der Waals surface area contributed by atoms with Crippen molar-refractivity contribution in [2.24, 2.45) is 0 Å². The monoisotopic (exact) mass is 344 g/mol. The predicted molar refractivity (Wildman–Crippen MR) is 92.2 cm³/mol. The van der Waals surface area contributed by atoms with Crippen molar-refractivity contribution in [3.8, 4) is 5.75 Å². The summed E-state index contributed by atoms with van der Waals surface area (Å²) in [5.41, 5.74) is 1.64. The molecule has 0 aliphatic carbocycles. The summed E-state index contributed by atoms with van der Waals surface area (Å²) in [7, 11) is 1.58. The molecule has 2 aromatic carbocycles. The fourth-order valence-electron chi connectivity index (χ4n) is 2.64. The number of halogens is 1. The summed E-state index contributed by atoms with van der Waals surface area (Å²) < 4.78 is 5.11. The lowest BCUT2D eigenvalue weighted by molar-refractivity contribution is -0.146. The molecule has 0 aromatic heterocycles. The molecular weight excluding hydrogens is 328 g/mol. The first-order chi connectivity index (χ1) is 11.6. The smallest absolute Gasteiger partial charge is 0.316 e. The van der Waals surface area contributed by atoms with E-state index in [0.717, 1.165) is 5.56 Å². The number of amides is 2. The summed E-state index contributed by atoms with van der Waals surface area (Å²) in [5, 5.41) is 0.644. The fourth-order valence-corrected chi connectivity index (χ4v) is 2.77. The number of benzene rings is 2. The van der Waals surface area contributed by atoms with Crippen molar-refractivity contribution in [3.63, 3.8) is 0 Å². The number of ether oxygens (including phenoxy) is 1. The van der Waals surface area contributed by atoms with Crippen LogP contribution in [0.4, 0.5) is 5.69 Å². The maximum Gasteiger partial charge on any atom is 0.316 e. The van der Waals surface area contributed by atoms with E-state index in [2.05, 4.69) is 0 Å². The Bertz CT molecular complexity index is 744. The number of anilines is 1. The lowest BCUT2D eigenvalue weighted by Gasteiger charge is -2.33. The summed E-state index contributed by atoms with van der Waals surface area (Å²) in [6.45, 7) is 1.35. The van der Waals surface area contributed by atoms with Crippen LogP contribution >= 0.6 is 11.6 Å². The first-order valence-corrected chi connectivity index (χ1v) is 7.95. The average molecular weight is 345 g/mol. The van der Waals surface area contributed by atoms with Gasteiger partial charge in [0.25, 0.3) is 0 Å². The summed E-state index contributed by atoms with van der Waals surface area (Å²) in [5.74, 6) is -0.300. The lowest BCUT2D eigenvalue weighted by atomic mass is 10.1. The second-order valence-corrected chi connectivity index (χ2v) is 5.94. The van der Waals surface area contributed by atoms with Gasteiger partial charge in [-0.25, -0.2) is 0 Å². The van der Waals surface area contributed by atoms with Crippen LogP contribution in [0.1, 0.15) is 5.56 Å². The third-order valence-corrected chi connectivity index (χ3v) is 4.23. The van der Waals surface area contributed by atoms with E-state index in [9.17, 15) is 9.59 Å². The molecule has 2 amide bonds. The van der Waals surface area contributed by atoms with Gasteiger partial charge in [-0.1, -0.05) is 23.7 Å². The molecule has 0 saturated carbocycles. The quantitative estimate of drug-likeness (QED) is 0.801. The summed E-state index contributed by atoms with van der Waals surface area (Å²) in [6.07, 6.45) is 0. The lowest BCUT2D eigenvalue weighted by Crippen LogP contribution is -2.54. The van der Waals surface area contributed by atoms with Gasteiger partial charge >= 0.3 is 11.8 Å². The number of nitrogens with zero attached hydrogens (tertiary/aromatic N) is 2. The molecule has 6 heteroatoms. The Labute approximate surface area is 145 Å². The molecule has 0 N–H and O–H groups in total. The zero-order valence-electron chi connectivity index (χ0n) is 13.2. The zero-order valence-corrected chi connectivity index (χ0v) is 14.0. The summed E-state index contributed by atoms with van der Waals surface area (Å²) in [6, 6.07) is 14.4. The van der Waals surface area contributed by atoms with Crippen LogP contribution in [0.5, 0.6) is 5.75 Å². The highest BCUT2D eigenvalue weighted by Crippen LogP contribution is 2.22. The minimum Gasteiger partial charge on any atom is -0.497 e. The Balaban J connectivity index is 1.70. The Morgan fingerprint density at radius 2 is 1.62 bits per heavy atom. The van der Waals surface area contributed by atoms with Crippen molar-refractivity contribution < 1.29 is 14.3 Å². The van der Waals surface area contributed by atoms with E-state index < -0.39 is 11.8 Å². The first kappa shape index (κ1) is 16.3. The first-order valence-electron chi connectivity index (χ1n) is 7.58. The van der Waals surface area contributed by atoms with Crippen molar-refractivity contribution in [2.45, 2.75) is 6.54 Å². The van der Waals surface area contributed by atoms with Gasteiger partial charge in [-0.15, -0.1) is 0 Å². The number of piperazine rings is 1. The molecule has 1 aliphatic heterocycles. The van der Waals surface area contributed by atoms with Gasteiger partial charge in [-0.3, -0.25) is 9.59 Å². The highest BCUT2D eigenvalue weighted by Gasteiger charge is 2.33. The minimum absolute atomic E-state index is 0.401. The van der Waals surface area contributed by atoms with Gasteiger partial charge in [0.05, 0.1) is 7.11 Å². The van der Waals surface area contributed by atoms with Crippen molar-refractivity contribution in [2.75, 3.05) is 25.1 Å². The number of carbonyl (C=O) groups is 2. The standard InChI is InChI=1S/C18H17ClN2O3/c1-24-16-8-6-15(7-9-16)21-11-10-20(17(22)18(21)23)12-13-2-4-14(19)5-3-13/h2-9H,10-12H2,1H3. The Kier molecular flexibility index (Phi) is 4.71. The van der Waals surface area contributed by atoms with E-state index in [1.165, 1.54) is 4.90 Å². The zero-order chi connectivity index (χ0) is 17.1. The third kappa shape index (κ3) is 3.36. The largest absolute Gasteiger partial charge is 0.497 e. The molecule has 1 heterocycles. The Morgan fingerprint density at radius 3 is 2.25 bits per heavy atom. The van der Waals surface area contributed by atoms with Crippen molar-refractivity contribution in [3.05, 3.63) is 59.1 Å². The number of hydrogen-bond donors (Lipinski definition) is 0. The molecule has 0 bridgehead atoms. The van der Waals surface area contributed by atoms with E-state index >= 15 is 0 Å². The number of methoxy groups -OCH3 is 1. The highest BCUT2D eigenvalue weighted by molar-refractivity contribution is 6.40. The maximum absolute atomic E-state index is 12.4. The van der Waals surface area contributed by atoms with Crippen molar-refractivity contribution >= 4 is 29.1 Å². The van der Waals surface area contributed by atoms with Crippen LogP contribution in [-0.2, 0) is 16.1 Å². The van der Waals surface area contributed by atoms with E-state index in [-0.39, 0.29) is 0 Å². The molecule has 5 nitrogen and oxygen atoms in total. The third-order valence-electron chi connectivity index (χ3n) is 3.98. The Morgan fingerprint density at radius 1 is 0.958 bits per heavy atom. The predicted octanol–water partition coefficient (Wildman–Crippen LogP) is 2.72. The molecule has 1 saturated heterocycles. The molecule has 0 atom stereocenters. The average Bonchev–Trinajstić information content (AvgIpc) is 2.61. The number of carbonyl (C=O) groups excluding carboxylic acids is 2. The normalized spacial score (nSPS) is 14.9. The summed E-state index contributed by atoms with van der Waals surface area (Å²) in [4.78, 5) is 27.9. The molecule has 24 heavy (non-hydrogen) atoms. The number of hydrogen-bond acceptors (Lipinski definition) is 3. The van der Waals surface area contributed by atoms with Crippen molar-refractivity contribution in [1.82, 2.24) is 4.90 Å². The van der Waals surface area contributed by atoms with Crippen LogP contribution in [-0.4, -0.2) is 36.9 Å². The molecule has 2 aromatic rings. The molecular formula is C18H17ClN2O3. The van der Waals surface area contributed by atoms with Gasteiger partial charge in [0.15, 0.2) is 0 Å². The molecule has 124 valence electrons. The Hall–Kier alpha value is -2.53. The highest BCUT2D eigenvalue weighted by atomic mass is 35.5. The molecule has 1 fully saturated rings. The molecule has 0 spiro atoms. The van der Waals surface area contributed by atoms with Crippen molar-refractivity contribution in [1.29, 1.82) is 0 Å². The van der Waals surface area contributed by atoms with Crippen LogP contribution in [0, 0.1) is 0 Å². The second kappa shape index (κ2) is 6.93. The van der Waals surface area contributed by atoms with Crippen LogP contribution in [0.25, 0.3) is 0 Å². The molecule has 0 unspecified atom stereocenters. The molecule has 0 radical (unpaired) electrons. The van der Waals surface area contributed by atoms with Crippen LogP contribution < -0.4 is 9.64 Å². The topological polar surface area (TPSA) is 49.9 Å². The molecule has 3 rings (SSSR count). The van der Waals surface area contributed by atoms with Crippen LogP contribution in [0.2, 0.25) is 5.02 Å². The van der Waals surface area contributed by atoms with Gasteiger partial charge in [-0.2, -0.15) is 0 Å². The second-order valence-electron chi connectivity index (χ2n) is 5.51. The van der Waals surface area contributed by atoms with E-state index in [1.54, 1.807) is 48.4 Å². The van der Waals surface area contributed by atoms with Gasteiger partial charge in [0.1, 0.15) is 5.75 Å². The fraction of sp³-hybridized carbons (Fsp3) is 0.222. The summed E-state index contributed by atoms with van der Waals surface area (Å²) >= 11 is 5.86. The van der Waals surface area contributed by atoms with E-state index in [1.807, 2.05) is 12.1 Å². The number of rotatable bonds is 4. The van der Waals surface area contributed by atoms with Crippen LogP contribution in [0.3, 0.4) is 0 Å². The van der Waals surface area contributed by atoms with E-state index in [0.29, 0.717) is 36.1 Å². The molecule has 1 aliphatic rings. The van der Waals surface area contributed by atoms with Gasteiger partial charge < -0.3 is 14.5 Å². The maximum atomic E-state index is 12.4. The van der Waals surface area contributed by atoms with E-state index in [4.69, 9.17) is 16.3 Å². The van der Waals surface area contributed by atoms with Crippen LogP contribution in [0.15, 0.2) is 48.5 Å². The SMILES string of the molecule is COc1ccc(N2CCN(Cc3ccc(Cl)cc3)C(=O)C2=O)cc1.